The average Bonchev–Trinajstić information content (AvgIpc) is 2.72. The van der Waals surface area contributed by atoms with Gasteiger partial charge in [-0.3, -0.25) is 9.69 Å². The zero-order chi connectivity index (χ0) is 13.3. The second-order valence-electron chi connectivity index (χ2n) is 6.37. The Balaban J connectivity index is 1.96. The molecular formula is C14H27N3O. The number of hydrogen-bond acceptors (Lipinski definition) is 3. The van der Waals surface area contributed by atoms with E-state index < -0.39 is 0 Å². The summed E-state index contributed by atoms with van der Waals surface area (Å²) in [5.41, 5.74) is 6.04. The maximum absolute atomic E-state index is 12.4. The molecule has 18 heavy (non-hydrogen) atoms. The molecule has 0 saturated carbocycles. The largest absolute Gasteiger partial charge is 0.336 e. The van der Waals surface area contributed by atoms with E-state index in [1.54, 1.807) is 0 Å². The number of carbonyl (C=O) groups is 1. The van der Waals surface area contributed by atoms with Crippen LogP contribution >= 0.6 is 0 Å². The molecule has 0 aliphatic carbocycles. The Morgan fingerprint density at radius 1 is 1.39 bits per heavy atom. The molecular weight excluding hydrogens is 226 g/mol. The van der Waals surface area contributed by atoms with Crippen LogP contribution in [0.4, 0.5) is 0 Å². The number of nitrogens with zero attached hydrogens (tertiary/aromatic N) is 2. The third kappa shape index (κ3) is 2.86. The predicted octanol–water partition coefficient (Wildman–Crippen LogP) is 1.05. The maximum atomic E-state index is 12.4. The Morgan fingerprint density at radius 2 is 2.11 bits per heavy atom. The van der Waals surface area contributed by atoms with Crippen molar-refractivity contribution in [1.29, 1.82) is 0 Å². The van der Waals surface area contributed by atoms with Crippen molar-refractivity contribution in [3.8, 4) is 0 Å². The standard InChI is InChI=1S/C14H27N3O/c1-10(2)7-13(15)14(18)17-9-12-5-4-6-16(12)8-11(17)3/h10-13H,4-9,15H2,1-3H3/t11?,12?,13-/m1/s1. The summed E-state index contributed by atoms with van der Waals surface area (Å²) in [4.78, 5) is 17.0. The van der Waals surface area contributed by atoms with Gasteiger partial charge in [0.2, 0.25) is 5.91 Å². The summed E-state index contributed by atoms with van der Waals surface area (Å²) in [5.74, 6) is 0.634. The van der Waals surface area contributed by atoms with Crippen molar-refractivity contribution in [3.63, 3.8) is 0 Å². The molecule has 2 heterocycles. The van der Waals surface area contributed by atoms with Crippen LogP contribution in [0, 0.1) is 5.92 Å². The van der Waals surface area contributed by atoms with Crippen LogP contribution in [0.25, 0.3) is 0 Å². The van der Waals surface area contributed by atoms with Crippen molar-refractivity contribution in [2.24, 2.45) is 11.7 Å². The summed E-state index contributed by atoms with van der Waals surface area (Å²) in [7, 11) is 0. The Bertz CT molecular complexity index is 305. The van der Waals surface area contributed by atoms with Crippen molar-refractivity contribution < 1.29 is 4.79 Å². The van der Waals surface area contributed by atoms with Crippen LogP contribution in [0.15, 0.2) is 0 Å². The molecule has 2 aliphatic rings. The molecule has 2 rings (SSSR count). The van der Waals surface area contributed by atoms with E-state index in [-0.39, 0.29) is 11.9 Å². The number of rotatable bonds is 3. The SMILES string of the molecule is CC(C)C[C@@H](N)C(=O)N1CC2CCCN2CC1C. The number of hydrogen-bond donors (Lipinski definition) is 1. The van der Waals surface area contributed by atoms with Crippen LogP contribution in [0.1, 0.15) is 40.0 Å². The maximum Gasteiger partial charge on any atom is 0.239 e. The van der Waals surface area contributed by atoms with Gasteiger partial charge < -0.3 is 10.6 Å². The number of nitrogens with two attached hydrogens (primary N) is 1. The lowest BCUT2D eigenvalue weighted by molar-refractivity contribution is -0.138. The van der Waals surface area contributed by atoms with E-state index in [9.17, 15) is 4.79 Å². The van der Waals surface area contributed by atoms with Crippen molar-refractivity contribution in [1.82, 2.24) is 9.80 Å². The number of piperazine rings is 1. The molecule has 0 spiro atoms. The van der Waals surface area contributed by atoms with Gasteiger partial charge in [0.1, 0.15) is 0 Å². The molecule has 0 aromatic rings. The van der Waals surface area contributed by atoms with E-state index in [4.69, 9.17) is 5.73 Å². The second kappa shape index (κ2) is 5.57. The van der Waals surface area contributed by atoms with E-state index >= 15 is 0 Å². The van der Waals surface area contributed by atoms with Gasteiger partial charge >= 0.3 is 0 Å². The van der Waals surface area contributed by atoms with Crippen molar-refractivity contribution in [3.05, 3.63) is 0 Å². The van der Waals surface area contributed by atoms with Crippen LogP contribution in [0.2, 0.25) is 0 Å². The van der Waals surface area contributed by atoms with Crippen LogP contribution in [-0.4, -0.2) is 53.5 Å². The summed E-state index contributed by atoms with van der Waals surface area (Å²) in [6.07, 6.45) is 3.30. The fourth-order valence-electron chi connectivity index (χ4n) is 3.32. The van der Waals surface area contributed by atoms with Gasteiger partial charge in [0.05, 0.1) is 6.04 Å². The van der Waals surface area contributed by atoms with Gasteiger partial charge in [0.25, 0.3) is 0 Å². The Kier molecular flexibility index (Phi) is 4.28. The van der Waals surface area contributed by atoms with Gasteiger partial charge in [0, 0.05) is 25.2 Å². The van der Waals surface area contributed by atoms with E-state index in [1.807, 2.05) is 4.90 Å². The first-order chi connectivity index (χ1) is 8.49. The molecule has 4 heteroatoms. The average molecular weight is 253 g/mol. The quantitative estimate of drug-likeness (QED) is 0.818. The molecule has 1 amide bonds. The summed E-state index contributed by atoms with van der Waals surface area (Å²) in [6.45, 7) is 9.48. The van der Waals surface area contributed by atoms with Gasteiger partial charge in [-0.15, -0.1) is 0 Å². The molecule has 2 fully saturated rings. The molecule has 2 saturated heterocycles. The number of carbonyl (C=O) groups excluding carboxylic acids is 1. The van der Waals surface area contributed by atoms with Crippen LogP contribution in [-0.2, 0) is 4.79 Å². The fourth-order valence-corrected chi connectivity index (χ4v) is 3.32. The molecule has 104 valence electrons. The van der Waals surface area contributed by atoms with Gasteiger partial charge in [-0.1, -0.05) is 13.8 Å². The lowest BCUT2D eigenvalue weighted by Gasteiger charge is -2.43. The van der Waals surface area contributed by atoms with Gasteiger partial charge in [-0.05, 0) is 38.6 Å². The molecule has 2 unspecified atom stereocenters. The Morgan fingerprint density at radius 3 is 2.78 bits per heavy atom. The first-order valence-corrected chi connectivity index (χ1v) is 7.29. The van der Waals surface area contributed by atoms with Crippen LogP contribution in [0.5, 0.6) is 0 Å². The van der Waals surface area contributed by atoms with Crippen molar-refractivity contribution in [2.45, 2.75) is 58.2 Å². The normalized spacial score (nSPS) is 30.6. The molecule has 0 bridgehead atoms. The predicted molar refractivity (Wildman–Crippen MR) is 73.2 cm³/mol. The van der Waals surface area contributed by atoms with Crippen LogP contribution in [0.3, 0.4) is 0 Å². The highest BCUT2D eigenvalue weighted by molar-refractivity contribution is 5.82. The number of fused-ring (bicyclic) bond motifs is 1. The highest BCUT2D eigenvalue weighted by Gasteiger charge is 2.37. The molecule has 0 radical (unpaired) electrons. The third-order valence-corrected chi connectivity index (χ3v) is 4.26. The molecule has 2 aliphatic heterocycles. The summed E-state index contributed by atoms with van der Waals surface area (Å²) in [5, 5.41) is 0. The smallest absolute Gasteiger partial charge is 0.239 e. The molecule has 3 atom stereocenters. The molecule has 0 aromatic carbocycles. The highest BCUT2D eigenvalue weighted by atomic mass is 16.2. The van der Waals surface area contributed by atoms with Crippen molar-refractivity contribution in [2.75, 3.05) is 19.6 Å². The lowest BCUT2D eigenvalue weighted by atomic mass is 10.0. The van der Waals surface area contributed by atoms with Crippen LogP contribution < -0.4 is 5.73 Å². The second-order valence-corrected chi connectivity index (χ2v) is 6.37. The van der Waals surface area contributed by atoms with Gasteiger partial charge in [-0.25, -0.2) is 0 Å². The van der Waals surface area contributed by atoms with E-state index in [1.165, 1.54) is 19.4 Å². The lowest BCUT2D eigenvalue weighted by Crippen LogP contribution is -2.59. The summed E-state index contributed by atoms with van der Waals surface area (Å²) in [6, 6.07) is 0.571. The van der Waals surface area contributed by atoms with E-state index in [0.29, 0.717) is 18.0 Å². The highest BCUT2D eigenvalue weighted by Crippen LogP contribution is 2.25. The minimum Gasteiger partial charge on any atom is -0.336 e. The summed E-state index contributed by atoms with van der Waals surface area (Å²) >= 11 is 0. The Hall–Kier alpha value is -0.610. The Labute approximate surface area is 110 Å². The first-order valence-electron chi connectivity index (χ1n) is 7.29. The minimum absolute atomic E-state index is 0.155. The van der Waals surface area contributed by atoms with E-state index in [2.05, 4.69) is 25.7 Å². The minimum atomic E-state index is -0.319. The van der Waals surface area contributed by atoms with Crippen molar-refractivity contribution >= 4 is 5.91 Å². The third-order valence-electron chi connectivity index (χ3n) is 4.26. The van der Waals surface area contributed by atoms with Gasteiger partial charge in [-0.2, -0.15) is 0 Å². The van der Waals surface area contributed by atoms with Gasteiger partial charge in [0.15, 0.2) is 0 Å². The molecule has 2 N–H and O–H groups in total. The molecule has 4 nitrogen and oxygen atoms in total. The number of amides is 1. The molecule has 0 aromatic heterocycles. The van der Waals surface area contributed by atoms with E-state index in [0.717, 1.165) is 19.5 Å². The zero-order valence-corrected chi connectivity index (χ0v) is 11.9. The zero-order valence-electron chi connectivity index (χ0n) is 11.9. The summed E-state index contributed by atoms with van der Waals surface area (Å²) < 4.78 is 0. The topological polar surface area (TPSA) is 49.6 Å². The fraction of sp³-hybridized carbons (Fsp3) is 0.929. The first kappa shape index (κ1) is 13.8. The monoisotopic (exact) mass is 253 g/mol.